The number of hydrogen-bond donors (Lipinski definition) is 0. The fourth-order valence-corrected chi connectivity index (χ4v) is 2.65. The Morgan fingerprint density at radius 3 is 2.82 bits per heavy atom. The molecule has 0 saturated carbocycles. The van der Waals surface area contributed by atoms with E-state index in [-0.39, 0.29) is 11.5 Å². The molecule has 0 aromatic carbocycles. The average Bonchev–Trinajstić information content (AvgIpc) is 2.45. The van der Waals surface area contributed by atoms with Gasteiger partial charge in [-0.1, -0.05) is 6.07 Å². The van der Waals surface area contributed by atoms with Crippen molar-refractivity contribution in [3.05, 3.63) is 46.0 Å². The van der Waals surface area contributed by atoms with Gasteiger partial charge in [-0.15, -0.1) is 0 Å². The minimum Gasteiger partial charge on any atom is -0.379 e. The van der Waals surface area contributed by atoms with Gasteiger partial charge in [0.05, 0.1) is 30.9 Å². The van der Waals surface area contributed by atoms with Gasteiger partial charge in [0.2, 0.25) is 5.91 Å². The standard InChI is InChI=1S/C16H19N3O3/c1-11-4-5-13-17-12(6-14(20)19(13)7-11)8-18(3)15(21)16(2)9-22-10-16/h4-7H,8-10H2,1-3H3. The van der Waals surface area contributed by atoms with E-state index in [1.54, 1.807) is 18.1 Å². The average molecular weight is 301 g/mol. The summed E-state index contributed by atoms with van der Waals surface area (Å²) in [6.07, 6.45) is 1.76. The fraction of sp³-hybridized carbons (Fsp3) is 0.438. The molecule has 3 rings (SSSR count). The summed E-state index contributed by atoms with van der Waals surface area (Å²) in [5.41, 5.74) is 1.59. The first-order valence-corrected chi connectivity index (χ1v) is 7.21. The van der Waals surface area contributed by atoms with E-state index in [2.05, 4.69) is 4.98 Å². The lowest BCUT2D eigenvalue weighted by Gasteiger charge is -2.39. The number of hydrogen-bond acceptors (Lipinski definition) is 4. The molecule has 3 heterocycles. The molecule has 0 N–H and O–H groups in total. The van der Waals surface area contributed by atoms with Crippen LogP contribution in [-0.4, -0.2) is 40.5 Å². The SMILES string of the molecule is Cc1ccc2nc(CN(C)C(=O)C3(C)COC3)cc(=O)n2c1. The third-order valence-electron chi connectivity index (χ3n) is 3.96. The van der Waals surface area contributed by atoms with E-state index in [0.29, 0.717) is 31.1 Å². The Morgan fingerprint density at radius 1 is 1.45 bits per heavy atom. The molecule has 2 aromatic heterocycles. The molecule has 6 nitrogen and oxygen atoms in total. The van der Waals surface area contributed by atoms with E-state index in [1.165, 1.54) is 10.5 Å². The number of carbonyl (C=O) groups is 1. The second-order valence-electron chi connectivity index (χ2n) is 6.24. The number of rotatable bonds is 3. The van der Waals surface area contributed by atoms with Crippen LogP contribution in [0, 0.1) is 12.3 Å². The van der Waals surface area contributed by atoms with Crippen LogP contribution in [0.25, 0.3) is 5.65 Å². The number of fused-ring (bicyclic) bond motifs is 1. The van der Waals surface area contributed by atoms with Crippen molar-refractivity contribution in [3.8, 4) is 0 Å². The summed E-state index contributed by atoms with van der Waals surface area (Å²) in [5.74, 6) is 0.0182. The topological polar surface area (TPSA) is 63.9 Å². The van der Waals surface area contributed by atoms with Crippen molar-refractivity contribution in [2.45, 2.75) is 20.4 Å². The molecule has 1 fully saturated rings. The van der Waals surface area contributed by atoms with Gasteiger partial charge in [-0.2, -0.15) is 0 Å². The molecule has 0 unspecified atom stereocenters. The normalized spacial score (nSPS) is 16.3. The van der Waals surface area contributed by atoms with E-state index in [4.69, 9.17) is 4.74 Å². The van der Waals surface area contributed by atoms with Gasteiger partial charge in [-0.25, -0.2) is 4.98 Å². The predicted octanol–water partition coefficient (Wildman–Crippen LogP) is 0.998. The number of pyridine rings is 1. The van der Waals surface area contributed by atoms with Crippen LogP contribution in [0.2, 0.25) is 0 Å². The lowest BCUT2D eigenvalue weighted by molar-refractivity contribution is -0.168. The second kappa shape index (κ2) is 5.21. The molecule has 22 heavy (non-hydrogen) atoms. The molecule has 0 bridgehead atoms. The third-order valence-corrected chi connectivity index (χ3v) is 3.96. The maximum absolute atomic E-state index is 12.4. The van der Waals surface area contributed by atoms with Crippen molar-refractivity contribution in [1.29, 1.82) is 0 Å². The number of carbonyl (C=O) groups excluding carboxylic acids is 1. The molecule has 1 amide bonds. The molecular weight excluding hydrogens is 282 g/mol. The van der Waals surface area contributed by atoms with Crippen molar-refractivity contribution < 1.29 is 9.53 Å². The highest BCUT2D eigenvalue weighted by molar-refractivity contribution is 5.83. The van der Waals surface area contributed by atoms with E-state index in [9.17, 15) is 9.59 Å². The fourth-order valence-electron chi connectivity index (χ4n) is 2.65. The summed E-state index contributed by atoms with van der Waals surface area (Å²) >= 11 is 0. The van der Waals surface area contributed by atoms with Gasteiger partial charge in [0.1, 0.15) is 5.65 Å². The van der Waals surface area contributed by atoms with Gasteiger partial charge in [0, 0.05) is 19.3 Å². The highest BCUT2D eigenvalue weighted by Gasteiger charge is 2.42. The Labute approximate surface area is 128 Å². The van der Waals surface area contributed by atoms with Crippen LogP contribution in [0.1, 0.15) is 18.2 Å². The van der Waals surface area contributed by atoms with E-state index < -0.39 is 5.41 Å². The van der Waals surface area contributed by atoms with Gasteiger partial charge < -0.3 is 9.64 Å². The Balaban J connectivity index is 1.86. The first-order chi connectivity index (χ1) is 10.4. The van der Waals surface area contributed by atoms with Gasteiger partial charge in [-0.05, 0) is 25.5 Å². The molecule has 0 radical (unpaired) electrons. The van der Waals surface area contributed by atoms with Crippen LogP contribution < -0.4 is 5.56 Å². The lowest BCUT2D eigenvalue weighted by atomic mass is 9.87. The molecule has 6 heteroatoms. The van der Waals surface area contributed by atoms with Crippen LogP contribution in [0.4, 0.5) is 0 Å². The van der Waals surface area contributed by atoms with Crippen molar-refractivity contribution in [2.75, 3.05) is 20.3 Å². The number of ether oxygens (including phenoxy) is 1. The van der Waals surface area contributed by atoms with Crippen molar-refractivity contribution in [2.24, 2.45) is 5.41 Å². The van der Waals surface area contributed by atoms with Crippen LogP contribution in [0.15, 0.2) is 29.2 Å². The number of nitrogens with zero attached hydrogens (tertiary/aromatic N) is 3. The molecular formula is C16H19N3O3. The van der Waals surface area contributed by atoms with E-state index in [0.717, 1.165) is 5.56 Å². The number of aromatic nitrogens is 2. The first-order valence-electron chi connectivity index (χ1n) is 7.21. The highest BCUT2D eigenvalue weighted by atomic mass is 16.5. The van der Waals surface area contributed by atoms with Crippen molar-refractivity contribution in [3.63, 3.8) is 0 Å². The molecule has 0 aliphatic carbocycles. The third kappa shape index (κ3) is 2.50. The molecule has 0 atom stereocenters. The summed E-state index contributed by atoms with van der Waals surface area (Å²) in [6, 6.07) is 5.20. The van der Waals surface area contributed by atoms with Gasteiger partial charge in [0.25, 0.3) is 5.56 Å². The van der Waals surface area contributed by atoms with Crippen molar-refractivity contribution >= 4 is 11.6 Å². The molecule has 1 saturated heterocycles. The molecule has 2 aromatic rings. The van der Waals surface area contributed by atoms with Gasteiger partial charge >= 0.3 is 0 Å². The summed E-state index contributed by atoms with van der Waals surface area (Å²) in [4.78, 5) is 30.6. The van der Waals surface area contributed by atoms with Crippen LogP contribution in [0.3, 0.4) is 0 Å². The van der Waals surface area contributed by atoms with Crippen LogP contribution >= 0.6 is 0 Å². The summed E-state index contributed by atoms with van der Waals surface area (Å²) in [6.45, 7) is 5.02. The molecule has 116 valence electrons. The second-order valence-corrected chi connectivity index (χ2v) is 6.24. The Hall–Kier alpha value is -2.21. The summed E-state index contributed by atoms with van der Waals surface area (Å²) < 4.78 is 6.65. The Kier molecular flexibility index (Phi) is 3.48. The largest absolute Gasteiger partial charge is 0.379 e. The van der Waals surface area contributed by atoms with E-state index in [1.807, 2.05) is 26.0 Å². The van der Waals surface area contributed by atoms with Gasteiger partial charge in [-0.3, -0.25) is 14.0 Å². The number of aryl methyl sites for hydroxylation is 1. The minimum absolute atomic E-state index is 0.0182. The van der Waals surface area contributed by atoms with E-state index >= 15 is 0 Å². The maximum Gasteiger partial charge on any atom is 0.258 e. The van der Waals surface area contributed by atoms with Crippen LogP contribution in [0.5, 0.6) is 0 Å². The van der Waals surface area contributed by atoms with Crippen LogP contribution in [-0.2, 0) is 16.1 Å². The first kappa shape index (κ1) is 14.7. The minimum atomic E-state index is -0.447. The maximum atomic E-state index is 12.4. The lowest BCUT2D eigenvalue weighted by Crippen LogP contribution is -2.52. The Bertz CT molecular complexity index is 793. The summed E-state index contributed by atoms with van der Waals surface area (Å²) in [5, 5.41) is 0. The summed E-state index contributed by atoms with van der Waals surface area (Å²) in [7, 11) is 1.73. The van der Waals surface area contributed by atoms with Crippen molar-refractivity contribution in [1.82, 2.24) is 14.3 Å². The molecule has 1 aliphatic rings. The highest BCUT2D eigenvalue weighted by Crippen LogP contribution is 2.28. The monoisotopic (exact) mass is 301 g/mol. The molecule has 1 aliphatic heterocycles. The molecule has 0 spiro atoms. The zero-order valence-electron chi connectivity index (χ0n) is 13.0. The smallest absolute Gasteiger partial charge is 0.258 e. The van der Waals surface area contributed by atoms with Gasteiger partial charge in [0.15, 0.2) is 0 Å². The quantitative estimate of drug-likeness (QED) is 0.848. The zero-order chi connectivity index (χ0) is 15.9. The Morgan fingerprint density at radius 2 is 2.18 bits per heavy atom. The number of amides is 1. The predicted molar refractivity (Wildman–Crippen MR) is 81.6 cm³/mol. The zero-order valence-corrected chi connectivity index (χ0v) is 13.0.